The van der Waals surface area contributed by atoms with E-state index in [1.807, 2.05) is 0 Å². The van der Waals surface area contributed by atoms with E-state index in [1.165, 1.54) is 0 Å². The van der Waals surface area contributed by atoms with E-state index in [9.17, 15) is 0 Å². The van der Waals surface area contributed by atoms with Gasteiger partial charge in [-0.3, -0.25) is 0 Å². The summed E-state index contributed by atoms with van der Waals surface area (Å²) in [5, 5.41) is 0. The van der Waals surface area contributed by atoms with Crippen molar-refractivity contribution in [2.75, 3.05) is 0 Å². The Morgan fingerprint density at radius 2 is 0.429 bits per heavy atom. The molecule has 0 unspecified atom stereocenters. The standard InChI is InChI=1S/3ClH.3H2N.Ru/h3*1H;3*1H2;/q;;;3*-1;+6/p-3. The maximum Gasteiger partial charge on any atom is 6.00 e. The topological polar surface area (TPSA) is 100 Å². The molecule has 0 fully saturated rings. The smallest absolute Gasteiger partial charge is 1.00 e. The molecule has 0 saturated heterocycles. The summed E-state index contributed by atoms with van der Waals surface area (Å²) in [6.07, 6.45) is 0. The summed E-state index contributed by atoms with van der Waals surface area (Å²) < 4.78 is 0. The fourth-order valence-electron chi connectivity index (χ4n) is 0. The van der Waals surface area contributed by atoms with Gasteiger partial charge >= 0.3 is 19.5 Å². The van der Waals surface area contributed by atoms with E-state index in [0.29, 0.717) is 0 Å². The van der Waals surface area contributed by atoms with Crippen molar-refractivity contribution in [1.29, 1.82) is 0 Å². The zero-order valence-corrected chi connectivity index (χ0v) is 7.23. The molecule has 50 valence electrons. The van der Waals surface area contributed by atoms with Crippen molar-refractivity contribution in [2.24, 2.45) is 0 Å². The molecule has 7 heteroatoms. The average Bonchev–Trinajstić information content (AvgIpc) is 0. The number of hydrogen-bond donors (Lipinski definition) is 0. The Kier molecular flexibility index (Phi) is 5470. The summed E-state index contributed by atoms with van der Waals surface area (Å²) in [4.78, 5) is 0. The average molecular weight is 255 g/mol. The second-order valence-corrected chi connectivity index (χ2v) is 0. The van der Waals surface area contributed by atoms with E-state index in [0.717, 1.165) is 0 Å². The van der Waals surface area contributed by atoms with E-state index in [1.54, 1.807) is 0 Å². The van der Waals surface area contributed by atoms with Crippen molar-refractivity contribution in [3.8, 4) is 0 Å². The van der Waals surface area contributed by atoms with Crippen LogP contribution in [0.2, 0.25) is 0 Å². The molecule has 0 bridgehead atoms. The Morgan fingerprint density at radius 1 is 0.429 bits per heavy atom. The molecule has 7 heavy (non-hydrogen) atoms. The first-order valence-electron chi connectivity index (χ1n) is 0. The SMILES string of the molecule is [Cl-].[Cl-].[Cl-].[NH2-].[NH2-].[NH2-].[Ru+6]. The van der Waals surface area contributed by atoms with Gasteiger partial charge in [-0.05, 0) is 0 Å². The van der Waals surface area contributed by atoms with E-state index in [-0.39, 0.29) is 75.2 Å². The van der Waals surface area contributed by atoms with Crippen LogP contribution in [0.5, 0.6) is 0 Å². The van der Waals surface area contributed by atoms with Crippen molar-refractivity contribution >= 4 is 0 Å². The molecule has 0 saturated carbocycles. The Morgan fingerprint density at radius 3 is 0.429 bits per heavy atom. The van der Waals surface area contributed by atoms with E-state index >= 15 is 0 Å². The van der Waals surface area contributed by atoms with Crippen LogP contribution in [0, 0.1) is 0 Å². The van der Waals surface area contributed by atoms with Crippen LogP contribution in [-0.4, -0.2) is 0 Å². The number of halogens is 3. The molecule has 0 amide bonds. The molecule has 0 aliphatic rings. The van der Waals surface area contributed by atoms with Gasteiger partial charge in [0.15, 0.2) is 0 Å². The summed E-state index contributed by atoms with van der Waals surface area (Å²) in [6, 6.07) is 0. The minimum atomic E-state index is 0. The summed E-state index contributed by atoms with van der Waals surface area (Å²) in [5.74, 6) is 0. The van der Waals surface area contributed by atoms with Gasteiger partial charge in [-0.1, -0.05) is 0 Å². The Labute approximate surface area is 75.1 Å². The molecule has 0 rings (SSSR count). The quantitative estimate of drug-likeness (QED) is 0.384. The van der Waals surface area contributed by atoms with Crippen LogP contribution in [-0.2, 0) is 19.5 Å². The van der Waals surface area contributed by atoms with Gasteiger partial charge in [-0.2, -0.15) is 0 Å². The van der Waals surface area contributed by atoms with Gasteiger partial charge in [0, 0.05) is 0 Å². The van der Waals surface area contributed by atoms with Crippen LogP contribution in [0.3, 0.4) is 0 Å². The van der Waals surface area contributed by atoms with Crippen molar-refractivity contribution in [3.63, 3.8) is 0 Å². The van der Waals surface area contributed by atoms with Gasteiger partial charge in [0.1, 0.15) is 0 Å². The molecule has 0 atom stereocenters. The minimum absolute atomic E-state index is 0. The molecule has 0 spiro atoms. The zero-order valence-electron chi connectivity index (χ0n) is 3.22. The van der Waals surface area contributed by atoms with Crippen LogP contribution in [0.4, 0.5) is 0 Å². The maximum absolute atomic E-state index is 0. The summed E-state index contributed by atoms with van der Waals surface area (Å²) in [7, 11) is 0. The first-order valence-corrected chi connectivity index (χ1v) is 0. The molecule has 6 N–H and O–H groups in total. The Balaban J connectivity index is 0. The maximum atomic E-state index is 0. The van der Waals surface area contributed by atoms with Crippen LogP contribution in [0.1, 0.15) is 0 Å². The van der Waals surface area contributed by atoms with Gasteiger partial charge in [0.2, 0.25) is 0 Å². The fourth-order valence-corrected chi connectivity index (χ4v) is 0. The van der Waals surface area contributed by atoms with Gasteiger partial charge in [0.05, 0.1) is 0 Å². The van der Waals surface area contributed by atoms with Crippen LogP contribution in [0.15, 0.2) is 0 Å². The number of nitrogens with two attached hydrogens (primary N) is 3. The van der Waals surface area contributed by atoms with Crippen molar-refractivity contribution in [3.05, 3.63) is 18.5 Å². The van der Waals surface area contributed by atoms with E-state index in [4.69, 9.17) is 0 Å². The third kappa shape index (κ3) is 113. The summed E-state index contributed by atoms with van der Waals surface area (Å²) in [5.41, 5.74) is 0. The van der Waals surface area contributed by atoms with Gasteiger partial charge in [-0.15, -0.1) is 0 Å². The van der Waals surface area contributed by atoms with Crippen LogP contribution >= 0.6 is 0 Å². The molecule has 0 radical (unpaired) electrons. The normalized spacial score (nSPS) is 0. The van der Waals surface area contributed by atoms with Crippen molar-refractivity contribution < 1.29 is 56.7 Å². The predicted octanol–water partition coefficient (Wildman–Crippen LogP) is -6.84. The number of rotatable bonds is 0. The predicted molar refractivity (Wildman–Crippen MR) is 15.9 cm³/mol. The monoisotopic (exact) mass is 255 g/mol. The molecule has 0 aromatic heterocycles. The van der Waals surface area contributed by atoms with Crippen molar-refractivity contribution in [2.45, 2.75) is 0 Å². The third-order valence-corrected chi connectivity index (χ3v) is 0. The second-order valence-electron chi connectivity index (χ2n) is 0. The van der Waals surface area contributed by atoms with Gasteiger partial charge < -0.3 is 55.7 Å². The van der Waals surface area contributed by atoms with E-state index < -0.39 is 0 Å². The Hall–Kier alpha value is 1.37. The third-order valence-electron chi connectivity index (χ3n) is 0. The molecule has 0 heterocycles. The first-order chi connectivity index (χ1) is 0. The second kappa shape index (κ2) is 159. The molecule has 0 aromatic rings. The molecule has 0 aromatic carbocycles. The largest absolute Gasteiger partial charge is 6.00 e. The van der Waals surface area contributed by atoms with Crippen molar-refractivity contribution in [1.82, 2.24) is 0 Å². The summed E-state index contributed by atoms with van der Waals surface area (Å²) >= 11 is 0. The van der Waals surface area contributed by atoms with Crippen LogP contribution < -0.4 is 37.2 Å². The first kappa shape index (κ1) is 241. The van der Waals surface area contributed by atoms with Gasteiger partial charge in [-0.25, -0.2) is 0 Å². The number of hydrogen-bond acceptors (Lipinski definition) is 0. The fraction of sp³-hybridized carbons (Fsp3) is 0. The Bertz CT molecular complexity index is 10.1. The zero-order chi connectivity index (χ0) is 0. The van der Waals surface area contributed by atoms with Crippen LogP contribution in [0.25, 0.3) is 18.5 Å². The van der Waals surface area contributed by atoms with Gasteiger partial charge in [0.25, 0.3) is 0 Å². The molecule has 0 aliphatic heterocycles. The minimum Gasteiger partial charge on any atom is -1.00 e. The van der Waals surface area contributed by atoms with E-state index in [2.05, 4.69) is 0 Å². The molecular formula is H6Cl3N3Ru. The molecule has 0 aliphatic carbocycles. The molecular weight excluding hydrogens is 249 g/mol. The molecule has 3 nitrogen and oxygen atoms in total. The summed E-state index contributed by atoms with van der Waals surface area (Å²) in [6.45, 7) is 0.